The van der Waals surface area contributed by atoms with E-state index in [1.807, 2.05) is 12.1 Å². The van der Waals surface area contributed by atoms with E-state index in [1.54, 1.807) is 30.7 Å². The first-order valence-electron chi connectivity index (χ1n) is 5.30. The highest BCUT2D eigenvalue weighted by Gasteiger charge is 2.23. The van der Waals surface area contributed by atoms with Gasteiger partial charge in [-0.15, -0.1) is 5.10 Å². The standard InChI is InChI=1S/C11H12BrN5O/c1-11(2,12)10(18)14-8-3-5-9(6-4-8)17-7-13-15-16-17/h3-7H,1-2H3,(H,14,18). The molecule has 1 aromatic carbocycles. The first-order chi connectivity index (χ1) is 8.47. The summed E-state index contributed by atoms with van der Waals surface area (Å²) in [5.41, 5.74) is 1.56. The summed E-state index contributed by atoms with van der Waals surface area (Å²) in [4.78, 5) is 11.8. The summed E-state index contributed by atoms with van der Waals surface area (Å²) in [5.74, 6) is -0.0994. The second-order valence-corrected chi connectivity index (χ2v) is 6.21. The van der Waals surface area contributed by atoms with Gasteiger partial charge in [-0.25, -0.2) is 4.68 Å². The molecule has 0 radical (unpaired) electrons. The second kappa shape index (κ2) is 4.85. The van der Waals surface area contributed by atoms with E-state index in [9.17, 15) is 4.79 Å². The van der Waals surface area contributed by atoms with Gasteiger partial charge < -0.3 is 5.32 Å². The minimum absolute atomic E-state index is 0.0994. The van der Waals surface area contributed by atoms with Crippen molar-refractivity contribution in [3.05, 3.63) is 30.6 Å². The van der Waals surface area contributed by atoms with Crippen molar-refractivity contribution in [1.82, 2.24) is 20.2 Å². The van der Waals surface area contributed by atoms with Gasteiger partial charge in [-0.1, -0.05) is 15.9 Å². The molecule has 7 heteroatoms. The molecule has 1 N–H and O–H groups in total. The summed E-state index contributed by atoms with van der Waals surface area (Å²) in [6, 6.07) is 7.25. The predicted octanol–water partition coefficient (Wildman–Crippen LogP) is 1.77. The summed E-state index contributed by atoms with van der Waals surface area (Å²) >= 11 is 3.30. The maximum absolute atomic E-state index is 11.8. The molecule has 0 saturated carbocycles. The highest BCUT2D eigenvalue weighted by molar-refractivity contribution is 9.10. The largest absolute Gasteiger partial charge is 0.325 e. The van der Waals surface area contributed by atoms with Gasteiger partial charge in [0, 0.05) is 5.69 Å². The maximum Gasteiger partial charge on any atom is 0.240 e. The summed E-state index contributed by atoms with van der Waals surface area (Å²) in [7, 11) is 0. The van der Waals surface area contributed by atoms with Crippen molar-refractivity contribution in [2.45, 2.75) is 18.2 Å². The molecular formula is C11H12BrN5O. The van der Waals surface area contributed by atoms with Crippen LogP contribution in [0.3, 0.4) is 0 Å². The molecule has 0 spiro atoms. The Kier molecular flexibility index (Phi) is 3.42. The molecule has 0 aliphatic heterocycles. The van der Waals surface area contributed by atoms with Crippen molar-refractivity contribution in [3.63, 3.8) is 0 Å². The minimum atomic E-state index is -0.596. The van der Waals surface area contributed by atoms with E-state index in [0.717, 1.165) is 11.4 Å². The van der Waals surface area contributed by atoms with Crippen LogP contribution in [0.4, 0.5) is 5.69 Å². The quantitative estimate of drug-likeness (QED) is 0.877. The van der Waals surface area contributed by atoms with Crippen LogP contribution in [0.5, 0.6) is 0 Å². The number of aromatic nitrogens is 4. The van der Waals surface area contributed by atoms with E-state index in [1.165, 1.54) is 6.33 Å². The number of benzene rings is 1. The number of amides is 1. The molecule has 18 heavy (non-hydrogen) atoms. The van der Waals surface area contributed by atoms with Crippen LogP contribution in [0.2, 0.25) is 0 Å². The number of carbonyl (C=O) groups excluding carboxylic acids is 1. The summed E-state index contributed by atoms with van der Waals surface area (Å²) in [5, 5.41) is 13.7. The van der Waals surface area contributed by atoms with Crippen LogP contribution >= 0.6 is 15.9 Å². The van der Waals surface area contributed by atoms with Crippen LogP contribution in [-0.4, -0.2) is 30.4 Å². The highest BCUT2D eigenvalue weighted by atomic mass is 79.9. The number of nitrogens with one attached hydrogen (secondary N) is 1. The zero-order valence-corrected chi connectivity index (χ0v) is 11.5. The second-order valence-electron chi connectivity index (χ2n) is 4.23. The number of hydrogen-bond acceptors (Lipinski definition) is 4. The topological polar surface area (TPSA) is 72.7 Å². The lowest BCUT2D eigenvalue weighted by atomic mass is 10.2. The number of hydrogen-bond donors (Lipinski definition) is 1. The number of anilines is 1. The smallest absolute Gasteiger partial charge is 0.240 e. The highest BCUT2D eigenvalue weighted by Crippen LogP contribution is 2.19. The molecule has 1 amide bonds. The fourth-order valence-corrected chi connectivity index (χ4v) is 1.36. The molecule has 2 rings (SSSR count). The fourth-order valence-electron chi connectivity index (χ4n) is 1.26. The van der Waals surface area contributed by atoms with Gasteiger partial charge in [0.1, 0.15) is 6.33 Å². The third kappa shape index (κ3) is 2.92. The molecule has 0 aliphatic rings. The molecule has 0 bridgehead atoms. The first-order valence-corrected chi connectivity index (χ1v) is 6.10. The van der Waals surface area contributed by atoms with Crippen molar-refractivity contribution in [2.24, 2.45) is 0 Å². The van der Waals surface area contributed by atoms with Gasteiger partial charge in [0.2, 0.25) is 5.91 Å². The summed E-state index contributed by atoms with van der Waals surface area (Å²) in [6.07, 6.45) is 1.51. The third-order valence-corrected chi connectivity index (χ3v) is 2.64. The van der Waals surface area contributed by atoms with Gasteiger partial charge in [-0.2, -0.15) is 0 Å². The van der Waals surface area contributed by atoms with Gasteiger partial charge in [-0.05, 0) is 48.5 Å². The van der Waals surface area contributed by atoms with Crippen molar-refractivity contribution in [2.75, 3.05) is 5.32 Å². The molecule has 0 saturated heterocycles. The van der Waals surface area contributed by atoms with Crippen LogP contribution in [-0.2, 0) is 4.79 Å². The number of halogens is 1. The number of tetrazole rings is 1. The van der Waals surface area contributed by atoms with E-state index in [0.29, 0.717) is 0 Å². The van der Waals surface area contributed by atoms with Crippen LogP contribution in [0.1, 0.15) is 13.8 Å². The molecule has 0 fully saturated rings. The molecule has 1 aromatic heterocycles. The Bertz CT molecular complexity index is 530. The first kappa shape index (κ1) is 12.7. The van der Waals surface area contributed by atoms with Gasteiger partial charge in [0.25, 0.3) is 0 Å². The van der Waals surface area contributed by atoms with Crippen LogP contribution < -0.4 is 5.32 Å². The third-order valence-electron chi connectivity index (χ3n) is 2.28. The van der Waals surface area contributed by atoms with Gasteiger partial charge in [0.05, 0.1) is 10.0 Å². The lowest BCUT2D eigenvalue weighted by Crippen LogP contribution is -2.30. The molecule has 1 heterocycles. The van der Waals surface area contributed by atoms with Crippen LogP contribution in [0.25, 0.3) is 5.69 Å². The Balaban J connectivity index is 2.12. The van der Waals surface area contributed by atoms with E-state index in [-0.39, 0.29) is 5.91 Å². The summed E-state index contributed by atoms with van der Waals surface area (Å²) < 4.78 is 0.946. The fraction of sp³-hybridized carbons (Fsp3) is 0.273. The lowest BCUT2D eigenvalue weighted by Gasteiger charge is -2.15. The average molecular weight is 310 g/mol. The molecule has 2 aromatic rings. The van der Waals surface area contributed by atoms with E-state index in [4.69, 9.17) is 0 Å². The number of carbonyl (C=O) groups is 1. The number of rotatable bonds is 3. The Hall–Kier alpha value is -1.76. The SMILES string of the molecule is CC(C)(Br)C(=O)Nc1ccc(-n2cnnn2)cc1. The van der Waals surface area contributed by atoms with Crippen molar-refractivity contribution < 1.29 is 4.79 Å². The normalized spacial score (nSPS) is 11.3. The van der Waals surface area contributed by atoms with Crippen LogP contribution in [0.15, 0.2) is 30.6 Å². The Morgan fingerprint density at radius 1 is 1.33 bits per heavy atom. The zero-order chi connectivity index (χ0) is 13.2. The summed E-state index contributed by atoms with van der Waals surface area (Å²) in [6.45, 7) is 3.58. The van der Waals surface area contributed by atoms with Gasteiger partial charge in [-0.3, -0.25) is 4.79 Å². The van der Waals surface area contributed by atoms with Crippen molar-refractivity contribution in [1.29, 1.82) is 0 Å². The van der Waals surface area contributed by atoms with Gasteiger partial charge in [0.15, 0.2) is 0 Å². The van der Waals surface area contributed by atoms with Gasteiger partial charge >= 0.3 is 0 Å². The van der Waals surface area contributed by atoms with Crippen molar-refractivity contribution in [3.8, 4) is 5.69 Å². The van der Waals surface area contributed by atoms with E-state index >= 15 is 0 Å². The number of alkyl halides is 1. The van der Waals surface area contributed by atoms with Crippen LogP contribution in [0, 0.1) is 0 Å². The molecule has 94 valence electrons. The molecule has 0 aliphatic carbocycles. The monoisotopic (exact) mass is 309 g/mol. The molecule has 0 atom stereocenters. The molecular weight excluding hydrogens is 298 g/mol. The van der Waals surface area contributed by atoms with E-state index < -0.39 is 4.32 Å². The molecule has 6 nitrogen and oxygen atoms in total. The lowest BCUT2D eigenvalue weighted by molar-refractivity contribution is -0.117. The zero-order valence-electron chi connectivity index (χ0n) is 9.96. The Morgan fingerprint density at radius 2 is 2.00 bits per heavy atom. The average Bonchev–Trinajstić information content (AvgIpc) is 2.82. The predicted molar refractivity (Wildman–Crippen MR) is 70.8 cm³/mol. The molecule has 0 unspecified atom stereocenters. The number of nitrogens with zero attached hydrogens (tertiary/aromatic N) is 4. The Labute approximate surface area is 113 Å². The Morgan fingerprint density at radius 3 is 2.50 bits per heavy atom. The minimum Gasteiger partial charge on any atom is -0.325 e. The van der Waals surface area contributed by atoms with E-state index in [2.05, 4.69) is 36.8 Å². The maximum atomic E-state index is 11.8. The van der Waals surface area contributed by atoms with Crippen molar-refractivity contribution >= 4 is 27.5 Å².